The molecule has 19 heavy (non-hydrogen) atoms. The number of nitrogens with zero attached hydrogens (tertiary/aromatic N) is 5. The number of nitrogens with one attached hydrogen (secondary N) is 1. The number of hydrogen-bond donors (Lipinski definition) is 1. The largest absolute Gasteiger partial charge is 0.351 e. The average Bonchev–Trinajstić information content (AvgIpc) is 2.39. The van der Waals surface area contributed by atoms with Gasteiger partial charge in [-0.1, -0.05) is 6.92 Å². The molecule has 2 heterocycles. The SMILES string of the molecule is CCN1CCC(Nc2nc(Cl)nc(N(C)C)n2)CC1. The first kappa shape index (κ1) is 14.3. The predicted octanol–water partition coefficient (Wildman–Crippen LogP) is 1.49. The van der Waals surface area contributed by atoms with Gasteiger partial charge >= 0.3 is 0 Å². The molecule has 6 nitrogen and oxygen atoms in total. The van der Waals surface area contributed by atoms with Crippen molar-refractivity contribution < 1.29 is 0 Å². The molecule has 1 N–H and O–H groups in total. The van der Waals surface area contributed by atoms with E-state index in [1.54, 1.807) is 0 Å². The summed E-state index contributed by atoms with van der Waals surface area (Å²) in [5, 5.41) is 3.59. The van der Waals surface area contributed by atoms with Gasteiger partial charge < -0.3 is 15.1 Å². The third-order valence-corrected chi connectivity index (χ3v) is 3.53. The number of halogens is 1. The minimum atomic E-state index is 0.229. The van der Waals surface area contributed by atoms with Crippen molar-refractivity contribution in [2.45, 2.75) is 25.8 Å². The van der Waals surface area contributed by atoms with E-state index in [0.29, 0.717) is 17.9 Å². The first-order valence-electron chi connectivity index (χ1n) is 6.66. The third kappa shape index (κ3) is 3.91. The lowest BCUT2D eigenvalue weighted by molar-refractivity contribution is 0.229. The number of hydrogen-bond acceptors (Lipinski definition) is 6. The molecule has 0 radical (unpaired) electrons. The van der Waals surface area contributed by atoms with E-state index in [1.807, 2.05) is 19.0 Å². The Bertz CT molecular complexity index is 417. The quantitative estimate of drug-likeness (QED) is 0.904. The van der Waals surface area contributed by atoms with Gasteiger partial charge in [0.15, 0.2) is 0 Å². The highest BCUT2D eigenvalue weighted by molar-refractivity contribution is 6.28. The molecular formula is C12H21ClN6. The van der Waals surface area contributed by atoms with E-state index in [4.69, 9.17) is 11.6 Å². The first-order valence-corrected chi connectivity index (χ1v) is 7.04. The van der Waals surface area contributed by atoms with Crippen LogP contribution in [0.2, 0.25) is 5.28 Å². The second kappa shape index (κ2) is 6.34. The topological polar surface area (TPSA) is 57.2 Å². The van der Waals surface area contributed by atoms with Crippen LogP contribution in [0.3, 0.4) is 0 Å². The molecule has 0 spiro atoms. The normalized spacial score (nSPS) is 17.5. The summed E-state index contributed by atoms with van der Waals surface area (Å²) >= 11 is 5.92. The Morgan fingerprint density at radius 1 is 1.26 bits per heavy atom. The van der Waals surface area contributed by atoms with E-state index >= 15 is 0 Å². The van der Waals surface area contributed by atoms with E-state index in [2.05, 4.69) is 32.1 Å². The lowest BCUT2D eigenvalue weighted by Gasteiger charge is -2.31. The Morgan fingerprint density at radius 2 is 1.95 bits per heavy atom. The van der Waals surface area contributed by atoms with Crippen molar-refractivity contribution in [2.24, 2.45) is 0 Å². The van der Waals surface area contributed by atoms with Crippen LogP contribution in [-0.4, -0.2) is 59.6 Å². The Kier molecular flexibility index (Phi) is 4.76. The fourth-order valence-electron chi connectivity index (χ4n) is 2.18. The summed E-state index contributed by atoms with van der Waals surface area (Å²) in [5.41, 5.74) is 0. The minimum absolute atomic E-state index is 0.229. The molecule has 106 valence electrons. The molecule has 1 fully saturated rings. The summed E-state index contributed by atoms with van der Waals surface area (Å²) in [6, 6.07) is 0.413. The monoisotopic (exact) mass is 284 g/mol. The standard InChI is InChI=1S/C12H21ClN6/c1-4-19-7-5-9(6-8-19)14-11-15-10(13)16-12(17-11)18(2)3/h9H,4-8H2,1-3H3,(H,14,15,16,17). The second-order valence-corrected chi connectivity index (χ2v) is 5.31. The van der Waals surface area contributed by atoms with E-state index in [1.165, 1.54) is 0 Å². The van der Waals surface area contributed by atoms with Crippen molar-refractivity contribution in [1.29, 1.82) is 0 Å². The lowest BCUT2D eigenvalue weighted by Crippen LogP contribution is -2.39. The van der Waals surface area contributed by atoms with Crippen LogP contribution in [0.15, 0.2) is 0 Å². The third-order valence-electron chi connectivity index (χ3n) is 3.36. The van der Waals surface area contributed by atoms with E-state index in [9.17, 15) is 0 Å². The highest BCUT2D eigenvalue weighted by atomic mass is 35.5. The van der Waals surface area contributed by atoms with Gasteiger partial charge in [0.25, 0.3) is 0 Å². The molecule has 0 aromatic carbocycles. The van der Waals surface area contributed by atoms with Crippen molar-refractivity contribution in [3.63, 3.8) is 0 Å². The molecule has 0 saturated carbocycles. The maximum atomic E-state index is 5.92. The maximum Gasteiger partial charge on any atom is 0.230 e. The van der Waals surface area contributed by atoms with Gasteiger partial charge in [0.2, 0.25) is 17.2 Å². The number of aromatic nitrogens is 3. The summed E-state index contributed by atoms with van der Waals surface area (Å²) in [7, 11) is 3.77. The summed E-state index contributed by atoms with van der Waals surface area (Å²) < 4.78 is 0. The number of likely N-dealkylation sites (tertiary alicyclic amines) is 1. The van der Waals surface area contributed by atoms with Crippen LogP contribution in [0.25, 0.3) is 0 Å². The van der Waals surface area contributed by atoms with Crippen molar-refractivity contribution in [3.05, 3.63) is 5.28 Å². The van der Waals surface area contributed by atoms with Gasteiger partial charge in [-0.3, -0.25) is 0 Å². The van der Waals surface area contributed by atoms with E-state index in [-0.39, 0.29) is 5.28 Å². The van der Waals surface area contributed by atoms with Crippen LogP contribution in [0.4, 0.5) is 11.9 Å². The lowest BCUT2D eigenvalue weighted by atomic mass is 10.1. The molecule has 0 atom stereocenters. The number of piperidine rings is 1. The van der Waals surface area contributed by atoms with Gasteiger partial charge in [0, 0.05) is 33.2 Å². The highest BCUT2D eigenvalue weighted by Crippen LogP contribution is 2.16. The van der Waals surface area contributed by atoms with Gasteiger partial charge in [-0.25, -0.2) is 0 Å². The zero-order valence-corrected chi connectivity index (χ0v) is 12.5. The van der Waals surface area contributed by atoms with Gasteiger partial charge in [0.05, 0.1) is 0 Å². The molecule has 7 heteroatoms. The van der Waals surface area contributed by atoms with E-state index in [0.717, 1.165) is 32.5 Å². The fraction of sp³-hybridized carbons (Fsp3) is 0.750. The second-order valence-electron chi connectivity index (χ2n) is 4.98. The molecule has 1 saturated heterocycles. The van der Waals surface area contributed by atoms with Gasteiger partial charge in [-0.2, -0.15) is 15.0 Å². The Hall–Kier alpha value is -1.14. The molecule has 1 aromatic heterocycles. The molecule has 1 aliphatic heterocycles. The summed E-state index contributed by atoms with van der Waals surface area (Å²) in [6.45, 7) is 5.55. The molecule has 1 aromatic rings. The van der Waals surface area contributed by atoms with Crippen molar-refractivity contribution >= 4 is 23.5 Å². The molecule has 0 amide bonds. The summed E-state index contributed by atoms with van der Waals surface area (Å²) in [6.07, 6.45) is 2.21. The molecule has 1 aliphatic rings. The predicted molar refractivity (Wildman–Crippen MR) is 77.9 cm³/mol. The Labute approximate surface area is 119 Å². The molecule has 2 rings (SSSR count). The van der Waals surface area contributed by atoms with Gasteiger partial charge in [0.1, 0.15) is 0 Å². The molecule has 0 aliphatic carbocycles. The van der Waals surface area contributed by atoms with Crippen LogP contribution in [0.5, 0.6) is 0 Å². The zero-order valence-electron chi connectivity index (χ0n) is 11.7. The smallest absolute Gasteiger partial charge is 0.230 e. The Balaban J connectivity index is 1.99. The van der Waals surface area contributed by atoms with Gasteiger partial charge in [-0.05, 0) is 31.0 Å². The zero-order chi connectivity index (χ0) is 13.8. The number of anilines is 2. The van der Waals surface area contributed by atoms with Crippen molar-refractivity contribution in [1.82, 2.24) is 19.9 Å². The average molecular weight is 285 g/mol. The minimum Gasteiger partial charge on any atom is -0.351 e. The van der Waals surface area contributed by atoms with Crippen molar-refractivity contribution in [3.8, 4) is 0 Å². The first-order chi connectivity index (χ1) is 9.08. The Morgan fingerprint density at radius 3 is 2.53 bits per heavy atom. The van der Waals surface area contributed by atoms with Crippen LogP contribution in [0.1, 0.15) is 19.8 Å². The molecule has 0 bridgehead atoms. The van der Waals surface area contributed by atoms with Crippen LogP contribution in [-0.2, 0) is 0 Å². The maximum absolute atomic E-state index is 5.92. The van der Waals surface area contributed by atoms with Crippen molar-refractivity contribution in [2.75, 3.05) is 43.9 Å². The fourth-order valence-corrected chi connectivity index (χ4v) is 2.34. The van der Waals surface area contributed by atoms with Gasteiger partial charge in [-0.15, -0.1) is 0 Å². The van der Waals surface area contributed by atoms with Crippen LogP contribution >= 0.6 is 11.6 Å². The van der Waals surface area contributed by atoms with Crippen LogP contribution < -0.4 is 10.2 Å². The summed E-state index contributed by atoms with van der Waals surface area (Å²) in [5.74, 6) is 1.15. The molecular weight excluding hydrogens is 264 g/mol. The summed E-state index contributed by atoms with van der Waals surface area (Å²) in [4.78, 5) is 16.8. The van der Waals surface area contributed by atoms with Crippen LogP contribution in [0, 0.1) is 0 Å². The number of rotatable bonds is 4. The highest BCUT2D eigenvalue weighted by Gasteiger charge is 2.19. The molecule has 0 unspecified atom stereocenters. The van der Waals surface area contributed by atoms with E-state index < -0.39 is 0 Å².